The van der Waals surface area contributed by atoms with Gasteiger partial charge in [0.25, 0.3) is 5.91 Å². The van der Waals surface area contributed by atoms with Crippen LogP contribution in [0.2, 0.25) is 10.0 Å². The number of methoxy groups -OCH3 is 1. The highest BCUT2D eigenvalue weighted by atomic mass is 35.5. The maximum atomic E-state index is 14.6. The van der Waals surface area contributed by atoms with Crippen molar-refractivity contribution in [3.63, 3.8) is 0 Å². The van der Waals surface area contributed by atoms with Gasteiger partial charge >= 0.3 is 0 Å². The minimum Gasteiger partial charge on any atom is -0.496 e. The first kappa shape index (κ1) is 30.4. The van der Waals surface area contributed by atoms with E-state index in [1.807, 2.05) is 24.3 Å². The van der Waals surface area contributed by atoms with Gasteiger partial charge in [0.05, 0.1) is 24.7 Å². The second-order valence-corrected chi connectivity index (χ2v) is 13.4. The van der Waals surface area contributed by atoms with E-state index in [0.29, 0.717) is 28.4 Å². The lowest BCUT2D eigenvalue weighted by atomic mass is 9.83. The van der Waals surface area contributed by atoms with Gasteiger partial charge in [0.15, 0.2) is 0 Å². The number of hydrogen-bond acceptors (Lipinski definition) is 6. The van der Waals surface area contributed by atoms with Crippen molar-refractivity contribution in [1.29, 1.82) is 0 Å². The lowest BCUT2D eigenvalue weighted by Gasteiger charge is -2.41. The fourth-order valence-electron chi connectivity index (χ4n) is 7.07. The van der Waals surface area contributed by atoms with Crippen molar-refractivity contribution < 1.29 is 14.3 Å². The van der Waals surface area contributed by atoms with Crippen molar-refractivity contribution in [3.8, 4) is 11.5 Å². The molecule has 2 saturated heterocycles. The van der Waals surface area contributed by atoms with Crippen LogP contribution in [0.3, 0.4) is 0 Å². The fraction of sp³-hybridized carbons (Fsp3) is 0.417. The Bertz CT molecular complexity index is 1610. The molecule has 0 spiro atoms. The van der Waals surface area contributed by atoms with E-state index in [9.17, 15) is 4.79 Å². The normalized spacial score (nSPS) is 22.8. The summed E-state index contributed by atoms with van der Waals surface area (Å²) < 4.78 is 11.8. The van der Waals surface area contributed by atoms with Crippen LogP contribution in [0.5, 0.6) is 11.5 Å². The van der Waals surface area contributed by atoms with Crippen LogP contribution in [0.15, 0.2) is 66.2 Å². The number of anilines is 1. The maximum absolute atomic E-state index is 14.6. The molecule has 3 fully saturated rings. The van der Waals surface area contributed by atoms with E-state index < -0.39 is 0 Å². The first-order valence-corrected chi connectivity index (χ1v) is 16.7. The third kappa shape index (κ3) is 6.28. The second-order valence-electron chi connectivity index (χ2n) is 12.7. The van der Waals surface area contributed by atoms with Crippen LogP contribution < -0.4 is 25.0 Å². The molecule has 1 amide bonds. The summed E-state index contributed by atoms with van der Waals surface area (Å²) in [6.45, 7) is 5.99. The number of carbonyl (C=O) groups is 1. The summed E-state index contributed by atoms with van der Waals surface area (Å²) in [5.74, 6) is 1.64. The Morgan fingerprint density at radius 2 is 1.78 bits per heavy atom. The van der Waals surface area contributed by atoms with E-state index in [4.69, 9.17) is 32.7 Å². The molecule has 236 valence electrons. The van der Waals surface area contributed by atoms with Crippen molar-refractivity contribution in [2.75, 3.05) is 38.2 Å². The molecule has 3 atom stereocenters. The highest BCUT2D eigenvalue weighted by molar-refractivity contribution is 6.42. The molecule has 3 heterocycles. The van der Waals surface area contributed by atoms with Crippen molar-refractivity contribution in [1.82, 2.24) is 15.5 Å². The Labute approximate surface area is 275 Å². The van der Waals surface area contributed by atoms with E-state index in [1.165, 1.54) is 5.57 Å². The summed E-state index contributed by atoms with van der Waals surface area (Å²) in [6, 6.07) is 20.9. The Morgan fingerprint density at radius 1 is 1.00 bits per heavy atom. The zero-order valence-corrected chi connectivity index (χ0v) is 27.3. The molecule has 7 nitrogen and oxygen atoms in total. The molecule has 3 aliphatic heterocycles. The highest BCUT2D eigenvalue weighted by Crippen LogP contribution is 2.38. The molecule has 9 heteroatoms. The lowest BCUT2D eigenvalue weighted by molar-refractivity contribution is -0.128. The summed E-state index contributed by atoms with van der Waals surface area (Å²) in [5, 5.41) is 8.27. The third-order valence-electron chi connectivity index (χ3n) is 9.67. The topological polar surface area (TPSA) is 66.1 Å². The van der Waals surface area contributed by atoms with Crippen molar-refractivity contribution >= 4 is 40.4 Å². The molecule has 7 rings (SSSR count). The first-order chi connectivity index (χ1) is 21.9. The van der Waals surface area contributed by atoms with Crippen LogP contribution in [0, 0.1) is 6.92 Å². The molecule has 0 radical (unpaired) electrons. The largest absolute Gasteiger partial charge is 0.496 e. The second kappa shape index (κ2) is 12.9. The summed E-state index contributed by atoms with van der Waals surface area (Å²) in [7, 11) is 1.70. The third-order valence-corrected chi connectivity index (χ3v) is 10.5. The van der Waals surface area contributed by atoms with Crippen LogP contribution in [0.4, 0.5) is 5.69 Å². The first-order valence-electron chi connectivity index (χ1n) is 16.0. The number of amides is 1. The minimum atomic E-state index is -0.0119. The molecule has 2 bridgehead atoms. The van der Waals surface area contributed by atoms with Gasteiger partial charge in [0.1, 0.15) is 22.6 Å². The number of halogens is 2. The summed E-state index contributed by atoms with van der Waals surface area (Å²) >= 11 is 12.6. The molecule has 0 unspecified atom stereocenters. The molecular formula is C36H40Cl2N4O3. The predicted octanol–water partition coefficient (Wildman–Crippen LogP) is 6.25. The van der Waals surface area contributed by atoms with Gasteiger partial charge in [-0.1, -0.05) is 53.5 Å². The van der Waals surface area contributed by atoms with Gasteiger partial charge in [0.2, 0.25) is 0 Å². The average molecular weight is 648 g/mol. The van der Waals surface area contributed by atoms with Gasteiger partial charge in [-0.25, -0.2) is 0 Å². The van der Waals surface area contributed by atoms with Gasteiger partial charge in [-0.2, -0.15) is 0 Å². The molecule has 3 aromatic rings. The number of nitrogens with zero attached hydrogens (tertiary/aromatic N) is 2. The highest BCUT2D eigenvalue weighted by Gasteiger charge is 2.41. The molecule has 0 aromatic heterocycles. The van der Waals surface area contributed by atoms with Crippen LogP contribution in [-0.4, -0.2) is 68.3 Å². The fourth-order valence-corrected chi connectivity index (χ4v) is 7.41. The van der Waals surface area contributed by atoms with Gasteiger partial charge in [-0.05, 0) is 78.8 Å². The smallest absolute Gasteiger partial charge is 0.252 e. The lowest BCUT2D eigenvalue weighted by Crippen LogP contribution is -2.60. The number of carbonyl (C=O) groups excluding carboxylic acids is 1. The summed E-state index contributed by atoms with van der Waals surface area (Å²) in [6.07, 6.45) is 3.86. The predicted molar refractivity (Wildman–Crippen MR) is 181 cm³/mol. The van der Waals surface area contributed by atoms with Crippen LogP contribution in [0.25, 0.3) is 5.57 Å². The Morgan fingerprint density at radius 3 is 2.56 bits per heavy atom. The molecule has 1 aliphatic carbocycles. The van der Waals surface area contributed by atoms with Crippen LogP contribution >= 0.6 is 23.2 Å². The quantitative estimate of drug-likeness (QED) is 0.287. The van der Waals surface area contributed by atoms with E-state index in [0.717, 1.165) is 85.6 Å². The Kier molecular flexibility index (Phi) is 8.71. The van der Waals surface area contributed by atoms with E-state index >= 15 is 0 Å². The zero-order valence-electron chi connectivity index (χ0n) is 25.8. The summed E-state index contributed by atoms with van der Waals surface area (Å²) in [5.41, 5.74) is 6.59. The zero-order chi connectivity index (χ0) is 31.1. The van der Waals surface area contributed by atoms with Crippen molar-refractivity contribution in [2.24, 2.45) is 0 Å². The average Bonchev–Trinajstić information content (AvgIpc) is 3.79. The van der Waals surface area contributed by atoms with Crippen molar-refractivity contribution in [2.45, 2.75) is 63.4 Å². The Balaban J connectivity index is 1.13. The number of benzene rings is 3. The molecule has 45 heavy (non-hydrogen) atoms. The molecule has 4 aliphatic rings. The van der Waals surface area contributed by atoms with Crippen molar-refractivity contribution in [3.05, 3.63) is 93.0 Å². The molecule has 3 aromatic carbocycles. The Hall–Kier alpha value is -3.23. The van der Waals surface area contributed by atoms with E-state index in [1.54, 1.807) is 13.2 Å². The number of fused-ring (bicyclic) bond motifs is 2. The number of piperazine rings is 1. The van der Waals surface area contributed by atoms with Crippen LogP contribution in [0.1, 0.15) is 42.4 Å². The molecular weight excluding hydrogens is 607 g/mol. The van der Waals surface area contributed by atoms with Gasteiger partial charge in [-0.3, -0.25) is 4.79 Å². The van der Waals surface area contributed by atoms with E-state index in [2.05, 4.69) is 57.7 Å². The van der Waals surface area contributed by atoms with Gasteiger partial charge in [-0.15, -0.1) is 0 Å². The number of hydrogen-bond donors (Lipinski definition) is 2. The van der Waals surface area contributed by atoms with Gasteiger partial charge < -0.3 is 29.9 Å². The van der Waals surface area contributed by atoms with E-state index in [-0.39, 0.29) is 24.1 Å². The minimum absolute atomic E-state index is 0.0119. The number of rotatable bonds is 9. The summed E-state index contributed by atoms with van der Waals surface area (Å²) in [4.78, 5) is 19.0. The van der Waals surface area contributed by atoms with Gasteiger partial charge in [0, 0.05) is 55.9 Å². The molecule has 1 saturated carbocycles. The monoisotopic (exact) mass is 646 g/mol. The number of ether oxygens (including phenoxy) is 2. The maximum Gasteiger partial charge on any atom is 0.252 e. The number of nitrogens with one attached hydrogen (secondary N) is 2. The SMILES string of the molecule is COc1cccc(CN(C(=O)C2=C(c3ccc(N4CC[C@@H](Oc5cccc(Cl)c5Cl)C4)cc3)C[C@@H]3CNC[C@H]2N3)C2CC2)c1C. The van der Waals surface area contributed by atoms with Crippen LogP contribution in [-0.2, 0) is 11.3 Å². The molecule has 2 N–H and O–H groups in total. The standard InChI is InChI=1S/C36H40Cl2N4O3/c1-22-24(5-3-7-32(22)44-2)20-42(27-13-14-27)36(43)34-29(17-25-18-39-19-31(34)40-25)23-9-11-26(12-10-23)41-16-15-28(21-41)45-33-8-4-6-30(37)35(33)38/h3-12,25,27-28,31,39-40H,13-21H2,1-2H3/t25-,28-,31-/m1/s1.